The lowest BCUT2D eigenvalue weighted by atomic mass is 9.74. The van der Waals surface area contributed by atoms with Crippen molar-refractivity contribution in [1.82, 2.24) is 9.80 Å². The van der Waals surface area contributed by atoms with Crippen molar-refractivity contribution in [2.45, 2.75) is 56.7 Å². The number of hydrogen-bond acceptors (Lipinski definition) is 2. The molecule has 0 radical (unpaired) electrons. The van der Waals surface area contributed by atoms with Crippen molar-refractivity contribution >= 4 is 0 Å². The van der Waals surface area contributed by atoms with Gasteiger partial charge in [-0.15, -0.1) is 0 Å². The van der Waals surface area contributed by atoms with E-state index in [0.29, 0.717) is 0 Å². The number of piperidine rings is 2. The Morgan fingerprint density at radius 1 is 0.800 bits per heavy atom. The van der Waals surface area contributed by atoms with Crippen LogP contribution in [0.1, 0.15) is 38.5 Å². The summed E-state index contributed by atoms with van der Waals surface area (Å²) in [4.78, 5) is 5.68. The lowest BCUT2D eigenvalue weighted by Crippen LogP contribution is -2.66. The molecular formula is C13H22N2. The number of rotatable bonds is 0. The van der Waals surface area contributed by atoms with Crippen molar-refractivity contribution in [3.63, 3.8) is 0 Å². The second kappa shape index (κ2) is 3.21. The summed E-state index contributed by atoms with van der Waals surface area (Å²) >= 11 is 0. The molecule has 2 heteroatoms. The number of hydrogen-bond donors (Lipinski definition) is 0. The van der Waals surface area contributed by atoms with Gasteiger partial charge in [-0.1, -0.05) is 12.8 Å². The largest absolute Gasteiger partial charge is 0.298 e. The van der Waals surface area contributed by atoms with Crippen LogP contribution in [0.25, 0.3) is 0 Å². The molecule has 4 aliphatic rings. The van der Waals surface area contributed by atoms with E-state index in [1.807, 2.05) is 0 Å². The Morgan fingerprint density at radius 3 is 2.53 bits per heavy atom. The maximum atomic E-state index is 2.87. The van der Waals surface area contributed by atoms with E-state index in [4.69, 9.17) is 0 Å². The van der Waals surface area contributed by atoms with Crippen molar-refractivity contribution in [3.8, 4) is 0 Å². The smallest absolute Gasteiger partial charge is 0.0310 e. The summed E-state index contributed by atoms with van der Waals surface area (Å²) in [5.41, 5.74) is 0. The quantitative estimate of drug-likeness (QED) is 0.595. The summed E-state index contributed by atoms with van der Waals surface area (Å²) < 4.78 is 0. The Morgan fingerprint density at radius 2 is 1.60 bits per heavy atom. The summed E-state index contributed by atoms with van der Waals surface area (Å²) in [6.07, 6.45) is 8.90. The first-order valence-corrected chi connectivity index (χ1v) is 6.95. The zero-order valence-electron chi connectivity index (χ0n) is 9.57. The van der Waals surface area contributed by atoms with Crippen LogP contribution in [0, 0.1) is 5.92 Å². The van der Waals surface area contributed by atoms with Gasteiger partial charge in [-0.25, -0.2) is 0 Å². The fourth-order valence-corrected chi connectivity index (χ4v) is 4.82. The maximum Gasteiger partial charge on any atom is 0.0310 e. The highest BCUT2D eigenvalue weighted by molar-refractivity contribution is 5.13. The van der Waals surface area contributed by atoms with E-state index in [0.717, 1.165) is 24.0 Å². The minimum absolute atomic E-state index is 0.957. The molecule has 0 aromatic carbocycles. The van der Waals surface area contributed by atoms with Crippen LogP contribution in [0.2, 0.25) is 0 Å². The van der Waals surface area contributed by atoms with Crippen molar-refractivity contribution in [3.05, 3.63) is 0 Å². The zero-order valence-corrected chi connectivity index (χ0v) is 9.57. The van der Waals surface area contributed by atoms with Crippen molar-refractivity contribution in [1.29, 1.82) is 0 Å². The first-order chi connectivity index (χ1) is 7.45. The van der Waals surface area contributed by atoms with E-state index < -0.39 is 0 Å². The van der Waals surface area contributed by atoms with E-state index in [-0.39, 0.29) is 0 Å². The molecule has 15 heavy (non-hydrogen) atoms. The van der Waals surface area contributed by atoms with Crippen molar-refractivity contribution in [2.24, 2.45) is 5.92 Å². The van der Waals surface area contributed by atoms with Gasteiger partial charge in [0.25, 0.3) is 0 Å². The van der Waals surface area contributed by atoms with E-state index in [1.165, 1.54) is 58.2 Å². The van der Waals surface area contributed by atoms with Crippen LogP contribution in [-0.2, 0) is 0 Å². The molecule has 0 aliphatic carbocycles. The van der Waals surface area contributed by atoms with Crippen LogP contribution < -0.4 is 0 Å². The molecule has 0 unspecified atom stereocenters. The fourth-order valence-electron chi connectivity index (χ4n) is 4.82. The van der Waals surface area contributed by atoms with E-state index in [2.05, 4.69) is 9.80 Å². The van der Waals surface area contributed by atoms with Crippen LogP contribution in [0.15, 0.2) is 0 Å². The lowest BCUT2D eigenvalue weighted by molar-refractivity contribution is -0.0654. The van der Waals surface area contributed by atoms with Gasteiger partial charge in [0.15, 0.2) is 0 Å². The van der Waals surface area contributed by atoms with Gasteiger partial charge >= 0.3 is 0 Å². The Bertz CT molecular complexity index is 263. The van der Waals surface area contributed by atoms with E-state index >= 15 is 0 Å². The molecule has 0 aromatic rings. The molecule has 4 atom stereocenters. The second-order valence-electron chi connectivity index (χ2n) is 6.01. The predicted octanol–water partition coefficient (Wildman–Crippen LogP) is 1.71. The van der Waals surface area contributed by atoms with Crippen molar-refractivity contribution in [2.75, 3.05) is 19.6 Å². The molecule has 2 nitrogen and oxygen atoms in total. The first kappa shape index (κ1) is 9.00. The fraction of sp³-hybridized carbons (Fsp3) is 1.00. The van der Waals surface area contributed by atoms with E-state index in [1.54, 1.807) is 0 Å². The molecule has 4 fully saturated rings. The molecule has 4 saturated heterocycles. The van der Waals surface area contributed by atoms with Gasteiger partial charge in [-0.2, -0.15) is 0 Å². The van der Waals surface area contributed by atoms with Crippen LogP contribution in [0.3, 0.4) is 0 Å². The summed E-state index contributed by atoms with van der Waals surface area (Å²) in [6.45, 7) is 4.25. The molecule has 4 aliphatic heterocycles. The SMILES string of the molecule is C1CCN2C[C@H]3[C@@H]([C@@H]2C1)N1CCCC[C@@H]31. The van der Waals surface area contributed by atoms with Crippen LogP contribution >= 0.6 is 0 Å². The van der Waals surface area contributed by atoms with Crippen LogP contribution in [-0.4, -0.2) is 47.6 Å². The lowest BCUT2D eigenvalue weighted by Gasteiger charge is -2.56. The highest BCUT2D eigenvalue weighted by Crippen LogP contribution is 2.48. The Kier molecular flexibility index (Phi) is 1.92. The minimum atomic E-state index is 0.957. The number of fused-ring (bicyclic) bond motifs is 6. The average Bonchev–Trinajstić information content (AvgIpc) is 2.60. The third-order valence-corrected chi connectivity index (χ3v) is 5.41. The molecule has 0 spiro atoms. The monoisotopic (exact) mass is 206 g/mol. The predicted molar refractivity (Wildman–Crippen MR) is 60.8 cm³/mol. The molecule has 4 heterocycles. The van der Waals surface area contributed by atoms with Crippen LogP contribution in [0.4, 0.5) is 0 Å². The van der Waals surface area contributed by atoms with Gasteiger partial charge in [0.2, 0.25) is 0 Å². The van der Waals surface area contributed by atoms with Crippen LogP contribution in [0.5, 0.6) is 0 Å². The minimum Gasteiger partial charge on any atom is -0.298 e. The maximum absolute atomic E-state index is 2.87. The molecule has 0 N–H and O–H groups in total. The normalized spacial score (nSPS) is 50.4. The van der Waals surface area contributed by atoms with Gasteiger partial charge < -0.3 is 0 Å². The molecular weight excluding hydrogens is 184 g/mol. The zero-order chi connectivity index (χ0) is 9.83. The first-order valence-electron chi connectivity index (χ1n) is 6.95. The second-order valence-corrected chi connectivity index (χ2v) is 6.01. The van der Waals surface area contributed by atoms with Crippen molar-refractivity contribution < 1.29 is 0 Å². The van der Waals surface area contributed by atoms with E-state index in [9.17, 15) is 0 Å². The Balaban J connectivity index is 1.57. The number of nitrogens with zero attached hydrogens (tertiary/aromatic N) is 2. The topological polar surface area (TPSA) is 6.48 Å². The molecule has 84 valence electrons. The van der Waals surface area contributed by atoms with Gasteiger partial charge in [0.1, 0.15) is 0 Å². The third-order valence-electron chi connectivity index (χ3n) is 5.41. The Labute approximate surface area is 92.6 Å². The summed E-state index contributed by atoms with van der Waals surface area (Å²) in [6, 6.07) is 2.93. The molecule has 4 rings (SSSR count). The van der Waals surface area contributed by atoms with Gasteiger partial charge in [-0.05, 0) is 38.8 Å². The molecule has 0 aromatic heterocycles. The molecule has 0 saturated carbocycles. The Hall–Kier alpha value is -0.0800. The van der Waals surface area contributed by atoms with Gasteiger partial charge in [-0.3, -0.25) is 9.80 Å². The highest BCUT2D eigenvalue weighted by atomic mass is 15.4. The summed E-state index contributed by atoms with van der Waals surface area (Å²) in [5, 5.41) is 0. The van der Waals surface area contributed by atoms with Gasteiger partial charge in [0.05, 0.1) is 0 Å². The summed E-state index contributed by atoms with van der Waals surface area (Å²) in [7, 11) is 0. The third kappa shape index (κ3) is 1.13. The summed E-state index contributed by atoms with van der Waals surface area (Å²) in [5.74, 6) is 1.06. The highest BCUT2D eigenvalue weighted by Gasteiger charge is 2.57. The molecule has 0 amide bonds. The van der Waals surface area contributed by atoms with Gasteiger partial charge in [0, 0.05) is 30.6 Å². The average molecular weight is 206 g/mol. The molecule has 0 bridgehead atoms. The standard InChI is InChI=1S/C13H22N2/c1-3-7-14-9-10-11-5-2-4-8-15(11)13(10)12(14)6-1/h10-13H,1-9H2/t10-,11+,12+,13+/m1/s1.